The van der Waals surface area contributed by atoms with Gasteiger partial charge in [-0.05, 0) is 47.5 Å². The summed E-state index contributed by atoms with van der Waals surface area (Å²) in [5, 5.41) is 11.9. The van der Waals surface area contributed by atoms with E-state index in [1.165, 1.54) is 4.90 Å². The number of hydrogen-bond acceptors (Lipinski definition) is 3. The number of hydrogen-bond donors (Lipinski definition) is 2. The number of amides is 2. The minimum absolute atomic E-state index is 0.0631. The van der Waals surface area contributed by atoms with E-state index in [1.807, 2.05) is 25.1 Å². The van der Waals surface area contributed by atoms with Crippen LogP contribution in [0.2, 0.25) is 0 Å². The van der Waals surface area contributed by atoms with Crippen LogP contribution < -0.4 is 10.1 Å². The Hall–Kier alpha value is -1.27. The molecule has 0 aliphatic rings. The van der Waals surface area contributed by atoms with Gasteiger partial charge in [-0.1, -0.05) is 6.07 Å². The smallest absolute Gasteiger partial charge is 0.317 e. The Morgan fingerprint density at radius 3 is 2.65 bits per heavy atom. The zero-order valence-electron chi connectivity index (χ0n) is 12.2. The van der Waals surface area contributed by atoms with Gasteiger partial charge in [0.2, 0.25) is 0 Å². The van der Waals surface area contributed by atoms with E-state index >= 15 is 0 Å². The van der Waals surface area contributed by atoms with Crippen molar-refractivity contribution in [2.75, 3.05) is 20.8 Å². The Morgan fingerprint density at radius 1 is 1.50 bits per heavy atom. The summed E-state index contributed by atoms with van der Waals surface area (Å²) in [5.41, 5.74) is 0.969. The van der Waals surface area contributed by atoms with Crippen LogP contribution in [0, 0.1) is 0 Å². The fourth-order valence-electron chi connectivity index (χ4n) is 1.64. The summed E-state index contributed by atoms with van der Waals surface area (Å²) in [7, 11) is 3.27. The van der Waals surface area contributed by atoms with Gasteiger partial charge in [0.05, 0.1) is 30.3 Å². The minimum Gasteiger partial charge on any atom is -0.496 e. The van der Waals surface area contributed by atoms with E-state index in [2.05, 4.69) is 21.2 Å². The summed E-state index contributed by atoms with van der Waals surface area (Å²) in [6, 6.07) is 5.10. The average Bonchev–Trinajstić information content (AvgIpc) is 2.45. The first-order valence-electron chi connectivity index (χ1n) is 6.38. The van der Waals surface area contributed by atoms with Gasteiger partial charge in [0.25, 0.3) is 0 Å². The molecule has 0 aliphatic heterocycles. The van der Waals surface area contributed by atoms with E-state index in [4.69, 9.17) is 9.84 Å². The highest BCUT2D eigenvalue weighted by atomic mass is 79.9. The second-order valence-corrected chi connectivity index (χ2v) is 5.56. The van der Waals surface area contributed by atoms with Crippen molar-refractivity contribution in [1.29, 1.82) is 0 Å². The van der Waals surface area contributed by atoms with Gasteiger partial charge in [-0.3, -0.25) is 0 Å². The van der Waals surface area contributed by atoms with Crippen molar-refractivity contribution >= 4 is 22.0 Å². The third-order valence-electron chi connectivity index (χ3n) is 3.26. The lowest BCUT2D eigenvalue weighted by molar-refractivity contribution is 0.155. The maximum Gasteiger partial charge on any atom is 0.317 e. The number of rotatable bonds is 5. The quantitative estimate of drug-likeness (QED) is 0.862. The monoisotopic (exact) mass is 344 g/mol. The van der Waals surface area contributed by atoms with Crippen molar-refractivity contribution in [2.45, 2.75) is 25.9 Å². The standard InChI is InChI=1S/C14H21BrN2O3/c1-9(8-18)17(3)14(19)16-10(2)11-5-6-13(20-4)12(15)7-11/h5-7,9-10,18H,8H2,1-4H3,(H,16,19). The summed E-state index contributed by atoms with van der Waals surface area (Å²) in [6.07, 6.45) is 0. The molecular formula is C14H21BrN2O3. The van der Waals surface area contributed by atoms with Gasteiger partial charge in [-0.15, -0.1) is 0 Å². The summed E-state index contributed by atoms with van der Waals surface area (Å²) in [4.78, 5) is 13.5. The van der Waals surface area contributed by atoms with Crippen LogP contribution in [0.4, 0.5) is 4.79 Å². The number of benzene rings is 1. The number of carbonyl (C=O) groups excluding carboxylic acids is 1. The highest BCUT2D eigenvalue weighted by molar-refractivity contribution is 9.10. The van der Waals surface area contributed by atoms with Gasteiger partial charge in [-0.25, -0.2) is 4.79 Å². The largest absolute Gasteiger partial charge is 0.496 e. The molecule has 0 heterocycles. The third-order valence-corrected chi connectivity index (χ3v) is 3.88. The first-order chi connectivity index (χ1) is 9.40. The predicted molar refractivity (Wildman–Crippen MR) is 82.0 cm³/mol. The molecule has 2 unspecified atom stereocenters. The van der Waals surface area contributed by atoms with Crippen LogP contribution >= 0.6 is 15.9 Å². The van der Waals surface area contributed by atoms with E-state index in [0.29, 0.717) is 0 Å². The van der Waals surface area contributed by atoms with Gasteiger partial charge >= 0.3 is 6.03 Å². The van der Waals surface area contributed by atoms with Gasteiger partial charge in [0.15, 0.2) is 0 Å². The van der Waals surface area contributed by atoms with Crippen molar-refractivity contribution in [2.24, 2.45) is 0 Å². The molecule has 1 rings (SSSR count). The van der Waals surface area contributed by atoms with Gasteiger partial charge in [0.1, 0.15) is 5.75 Å². The van der Waals surface area contributed by atoms with Crippen LogP contribution in [0.5, 0.6) is 5.75 Å². The number of aliphatic hydroxyl groups excluding tert-OH is 1. The average molecular weight is 345 g/mol. The Kier molecular flexibility index (Phi) is 6.29. The third kappa shape index (κ3) is 4.11. The molecule has 1 aromatic rings. The van der Waals surface area contributed by atoms with Crippen molar-refractivity contribution in [3.05, 3.63) is 28.2 Å². The maximum atomic E-state index is 12.0. The Bertz CT molecular complexity index is 468. The lowest BCUT2D eigenvalue weighted by Gasteiger charge is -2.26. The Labute approximate surface area is 128 Å². The van der Waals surface area contributed by atoms with Crippen molar-refractivity contribution in [1.82, 2.24) is 10.2 Å². The zero-order valence-corrected chi connectivity index (χ0v) is 13.8. The summed E-state index contributed by atoms with van der Waals surface area (Å²) in [5.74, 6) is 0.748. The van der Waals surface area contributed by atoms with Crippen molar-refractivity contribution in [3.8, 4) is 5.75 Å². The Morgan fingerprint density at radius 2 is 2.15 bits per heavy atom. The van der Waals surface area contributed by atoms with Gasteiger partial charge in [0, 0.05) is 7.05 Å². The van der Waals surface area contributed by atoms with E-state index in [0.717, 1.165) is 15.8 Å². The lowest BCUT2D eigenvalue weighted by atomic mass is 10.1. The number of carbonyl (C=O) groups is 1. The molecule has 20 heavy (non-hydrogen) atoms. The minimum atomic E-state index is -0.218. The number of ether oxygens (including phenoxy) is 1. The lowest BCUT2D eigenvalue weighted by Crippen LogP contribution is -2.44. The highest BCUT2D eigenvalue weighted by Crippen LogP contribution is 2.28. The number of nitrogens with one attached hydrogen (secondary N) is 1. The molecular weight excluding hydrogens is 324 g/mol. The van der Waals surface area contributed by atoms with Crippen molar-refractivity contribution < 1.29 is 14.6 Å². The molecule has 5 nitrogen and oxygen atoms in total. The van der Waals surface area contributed by atoms with Crippen LogP contribution in [-0.2, 0) is 0 Å². The number of methoxy groups -OCH3 is 1. The molecule has 6 heteroatoms. The van der Waals surface area contributed by atoms with Gasteiger partial charge in [-0.2, -0.15) is 0 Å². The molecule has 2 atom stereocenters. The van der Waals surface area contributed by atoms with Crippen LogP contribution in [0.25, 0.3) is 0 Å². The van der Waals surface area contributed by atoms with E-state index in [9.17, 15) is 4.79 Å². The van der Waals surface area contributed by atoms with E-state index in [-0.39, 0.29) is 24.7 Å². The van der Waals surface area contributed by atoms with Gasteiger partial charge < -0.3 is 20.1 Å². The van der Waals surface area contributed by atoms with Crippen LogP contribution in [0.15, 0.2) is 22.7 Å². The molecule has 0 saturated carbocycles. The number of aliphatic hydroxyl groups is 1. The molecule has 1 aromatic carbocycles. The zero-order chi connectivity index (χ0) is 15.3. The summed E-state index contributed by atoms with van der Waals surface area (Å²) < 4.78 is 6.02. The molecule has 0 spiro atoms. The SMILES string of the molecule is COc1ccc(C(C)NC(=O)N(C)C(C)CO)cc1Br. The molecule has 2 N–H and O–H groups in total. The fraction of sp³-hybridized carbons (Fsp3) is 0.500. The predicted octanol–water partition coefficient (Wildman–Crippen LogP) is 2.54. The molecule has 112 valence electrons. The molecule has 0 fully saturated rings. The first kappa shape index (κ1) is 16.8. The molecule has 2 amide bonds. The highest BCUT2D eigenvalue weighted by Gasteiger charge is 2.17. The first-order valence-corrected chi connectivity index (χ1v) is 7.17. The molecule has 0 saturated heterocycles. The Balaban J connectivity index is 2.73. The summed E-state index contributed by atoms with van der Waals surface area (Å²) in [6.45, 7) is 3.63. The molecule has 0 bridgehead atoms. The number of urea groups is 1. The van der Waals surface area contributed by atoms with E-state index < -0.39 is 0 Å². The van der Waals surface area contributed by atoms with Crippen LogP contribution in [-0.4, -0.2) is 42.8 Å². The van der Waals surface area contributed by atoms with Crippen LogP contribution in [0.1, 0.15) is 25.5 Å². The number of halogens is 1. The normalized spacial score (nSPS) is 13.5. The van der Waals surface area contributed by atoms with Crippen LogP contribution in [0.3, 0.4) is 0 Å². The molecule has 0 aromatic heterocycles. The fourth-order valence-corrected chi connectivity index (χ4v) is 2.20. The molecule has 0 radical (unpaired) electrons. The number of nitrogens with zero attached hydrogens (tertiary/aromatic N) is 1. The maximum absolute atomic E-state index is 12.0. The second kappa shape index (κ2) is 7.50. The van der Waals surface area contributed by atoms with Crippen molar-refractivity contribution in [3.63, 3.8) is 0 Å². The number of likely N-dealkylation sites (N-methyl/N-ethyl adjacent to an activating group) is 1. The van der Waals surface area contributed by atoms with E-state index in [1.54, 1.807) is 21.1 Å². The topological polar surface area (TPSA) is 61.8 Å². The molecule has 0 aliphatic carbocycles. The summed E-state index contributed by atoms with van der Waals surface area (Å²) >= 11 is 3.42. The second-order valence-electron chi connectivity index (χ2n) is 4.71.